The molecule has 2 N–H and O–H groups in total. The zero-order valence-electron chi connectivity index (χ0n) is 20.9. The van der Waals surface area contributed by atoms with Crippen molar-refractivity contribution in [2.75, 3.05) is 18.7 Å². The minimum Gasteiger partial charge on any atom is -0.454 e. The Morgan fingerprint density at radius 2 is 1.63 bits per heavy atom. The van der Waals surface area contributed by atoms with Crippen LogP contribution < -0.4 is 25.2 Å². The van der Waals surface area contributed by atoms with Crippen LogP contribution in [-0.4, -0.2) is 40.8 Å². The molecule has 1 saturated carbocycles. The lowest BCUT2D eigenvalue weighted by molar-refractivity contribution is -0.120. The fraction of sp³-hybridized carbons (Fsp3) is 0.286. The number of nitrogens with one attached hydrogen (secondary N) is 2. The van der Waals surface area contributed by atoms with Gasteiger partial charge in [0.2, 0.25) is 12.7 Å². The van der Waals surface area contributed by atoms with Gasteiger partial charge in [-0.1, -0.05) is 60.7 Å². The van der Waals surface area contributed by atoms with Gasteiger partial charge in [0.25, 0.3) is 0 Å². The number of likely N-dealkylation sites (N-methyl/N-ethyl adjacent to an activating group) is 1. The summed E-state index contributed by atoms with van der Waals surface area (Å²) < 4.78 is 28.4. The third-order valence-corrected chi connectivity index (χ3v) is 8.19. The van der Waals surface area contributed by atoms with E-state index in [0.717, 1.165) is 24.0 Å². The summed E-state index contributed by atoms with van der Waals surface area (Å²) in [6.45, 7) is 0.128. The highest BCUT2D eigenvalue weighted by Crippen LogP contribution is 2.44. The summed E-state index contributed by atoms with van der Waals surface area (Å²) >= 11 is -1.74. The molecule has 1 aliphatic heterocycles. The zero-order chi connectivity index (χ0) is 26.5. The van der Waals surface area contributed by atoms with E-state index in [1.807, 2.05) is 60.7 Å². The molecule has 3 amide bonds. The van der Waals surface area contributed by atoms with Crippen LogP contribution in [0, 0.1) is 0 Å². The number of rotatable bonds is 10. The molecule has 3 aromatic rings. The minimum atomic E-state index is -1.74. The van der Waals surface area contributed by atoms with E-state index in [0.29, 0.717) is 23.6 Å². The number of anilines is 1. The van der Waals surface area contributed by atoms with E-state index < -0.39 is 27.9 Å². The standard InChI is InChI=1S/C28H29N3O6S/c1-31(22-12-13-24-25(17-22)36-19-35-24)26(32)23(16-20-8-4-2-5-9-20)29-27(33)30-37-38(34)28(14-15-28)18-21-10-6-3-7-11-21/h2-13,17,23H,14-16,18-19H2,1H3,(H2,29,30,33). The molecule has 10 heteroatoms. The van der Waals surface area contributed by atoms with Gasteiger partial charge in [-0.15, -0.1) is 0 Å². The van der Waals surface area contributed by atoms with Crippen LogP contribution in [0.2, 0.25) is 0 Å². The molecule has 2 unspecified atom stereocenters. The highest BCUT2D eigenvalue weighted by molar-refractivity contribution is 7.82. The van der Waals surface area contributed by atoms with E-state index >= 15 is 0 Å². The molecular formula is C28H29N3O6S. The Kier molecular flexibility index (Phi) is 7.62. The number of hydrogen-bond acceptors (Lipinski definition) is 6. The summed E-state index contributed by atoms with van der Waals surface area (Å²) in [5, 5.41) is 2.69. The van der Waals surface area contributed by atoms with Gasteiger partial charge in [-0.05, 0) is 42.5 Å². The molecule has 1 heterocycles. The maximum atomic E-state index is 13.5. The molecule has 2 atom stereocenters. The number of amides is 3. The molecule has 0 aromatic heterocycles. The maximum absolute atomic E-state index is 13.5. The van der Waals surface area contributed by atoms with Gasteiger partial charge in [0, 0.05) is 25.2 Å². The van der Waals surface area contributed by atoms with Crippen LogP contribution in [0.3, 0.4) is 0 Å². The zero-order valence-corrected chi connectivity index (χ0v) is 21.7. The SMILES string of the molecule is CN(C(=O)C(Cc1ccccc1)NC(=O)NOS(=O)C1(Cc2ccccc2)CC1)c1ccc2c(c1)OCO2. The second kappa shape index (κ2) is 11.2. The van der Waals surface area contributed by atoms with Crippen LogP contribution in [0.15, 0.2) is 78.9 Å². The molecule has 2 aliphatic rings. The van der Waals surface area contributed by atoms with Crippen molar-refractivity contribution in [3.8, 4) is 11.5 Å². The van der Waals surface area contributed by atoms with Crippen LogP contribution >= 0.6 is 0 Å². The smallest absolute Gasteiger partial charge is 0.340 e. The van der Waals surface area contributed by atoms with Crippen LogP contribution in [-0.2, 0) is 33.0 Å². The maximum Gasteiger partial charge on any atom is 0.340 e. The fourth-order valence-electron chi connectivity index (χ4n) is 4.37. The normalized spacial score (nSPS) is 16.2. The van der Waals surface area contributed by atoms with Crippen molar-refractivity contribution in [3.63, 3.8) is 0 Å². The number of hydroxylamine groups is 1. The number of hydrogen-bond donors (Lipinski definition) is 2. The molecule has 38 heavy (non-hydrogen) atoms. The van der Waals surface area contributed by atoms with Gasteiger partial charge in [-0.3, -0.25) is 4.79 Å². The van der Waals surface area contributed by atoms with E-state index in [9.17, 15) is 13.8 Å². The summed E-state index contributed by atoms with van der Waals surface area (Å²) in [7, 11) is 1.63. The van der Waals surface area contributed by atoms with Crippen molar-refractivity contribution < 1.29 is 27.6 Å². The predicted octanol–water partition coefficient (Wildman–Crippen LogP) is 3.66. The van der Waals surface area contributed by atoms with Crippen molar-refractivity contribution >= 4 is 28.7 Å². The van der Waals surface area contributed by atoms with Crippen molar-refractivity contribution in [2.24, 2.45) is 0 Å². The highest BCUT2D eigenvalue weighted by Gasteiger charge is 2.50. The number of fused-ring (bicyclic) bond motifs is 1. The van der Waals surface area contributed by atoms with Crippen molar-refractivity contribution in [1.82, 2.24) is 10.8 Å². The van der Waals surface area contributed by atoms with Crippen LogP contribution in [0.4, 0.5) is 10.5 Å². The number of ether oxygens (including phenoxy) is 2. The molecule has 1 aliphatic carbocycles. The van der Waals surface area contributed by atoms with Gasteiger partial charge in [0.15, 0.2) is 22.6 Å². The first-order valence-electron chi connectivity index (χ1n) is 12.3. The third-order valence-electron chi connectivity index (χ3n) is 6.70. The molecule has 3 aromatic carbocycles. The van der Waals surface area contributed by atoms with Crippen LogP contribution in [0.25, 0.3) is 0 Å². The average molecular weight is 536 g/mol. The molecule has 1 fully saturated rings. The highest BCUT2D eigenvalue weighted by atomic mass is 32.2. The van der Waals surface area contributed by atoms with E-state index in [1.54, 1.807) is 25.2 Å². The van der Waals surface area contributed by atoms with Gasteiger partial charge in [-0.2, -0.15) is 4.28 Å². The Morgan fingerprint density at radius 3 is 2.32 bits per heavy atom. The Morgan fingerprint density at radius 1 is 0.974 bits per heavy atom. The molecular weight excluding hydrogens is 506 g/mol. The van der Waals surface area contributed by atoms with Gasteiger partial charge >= 0.3 is 6.03 Å². The Hall–Kier alpha value is -3.89. The lowest BCUT2D eigenvalue weighted by atomic mass is 10.0. The first-order chi connectivity index (χ1) is 18.4. The number of urea groups is 1. The van der Waals surface area contributed by atoms with Crippen molar-refractivity contribution in [3.05, 3.63) is 90.0 Å². The molecule has 5 rings (SSSR count). The van der Waals surface area contributed by atoms with E-state index in [2.05, 4.69) is 10.8 Å². The number of nitrogens with zero attached hydrogens (tertiary/aromatic N) is 1. The second-order valence-corrected chi connectivity index (χ2v) is 10.9. The summed E-state index contributed by atoms with van der Waals surface area (Å²) in [5.41, 5.74) is 4.76. The first kappa shape index (κ1) is 25.7. The van der Waals surface area contributed by atoms with E-state index in [1.165, 1.54) is 4.90 Å². The summed E-state index contributed by atoms with van der Waals surface area (Å²) in [6, 6.07) is 22.7. The molecule has 0 spiro atoms. The lowest BCUT2D eigenvalue weighted by Crippen LogP contribution is -2.52. The second-order valence-electron chi connectivity index (χ2n) is 9.42. The van der Waals surface area contributed by atoms with Gasteiger partial charge in [-0.25, -0.2) is 14.5 Å². The van der Waals surface area contributed by atoms with Crippen LogP contribution in [0.1, 0.15) is 24.0 Å². The Labute approximate surface area is 223 Å². The van der Waals surface area contributed by atoms with Gasteiger partial charge in [0.1, 0.15) is 6.04 Å². The number of carbonyl (C=O) groups excluding carboxylic acids is 2. The molecule has 0 radical (unpaired) electrons. The third kappa shape index (κ3) is 5.98. The fourth-order valence-corrected chi connectivity index (χ4v) is 5.41. The summed E-state index contributed by atoms with van der Waals surface area (Å²) in [5.74, 6) is 0.818. The lowest BCUT2D eigenvalue weighted by Gasteiger charge is -2.25. The molecule has 9 nitrogen and oxygen atoms in total. The molecule has 198 valence electrons. The van der Waals surface area contributed by atoms with Gasteiger partial charge in [0.05, 0.1) is 4.75 Å². The minimum absolute atomic E-state index is 0.128. The largest absolute Gasteiger partial charge is 0.454 e. The van der Waals surface area contributed by atoms with Crippen molar-refractivity contribution in [1.29, 1.82) is 0 Å². The Balaban J connectivity index is 1.23. The number of benzene rings is 3. The predicted molar refractivity (Wildman–Crippen MR) is 143 cm³/mol. The summed E-state index contributed by atoms with van der Waals surface area (Å²) in [6.07, 6.45) is 2.34. The monoisotopic (exact) mass is 535 g/mol. The van der Waals surface area contributed by atoms with Crippen LogP contribution in [0.5, 0.6) is 11.5 Å². The van der Waals surface area contributed by atoms with Crippen molar-refractivity contribution in [2.45, 2.75) is 36.5 Å². The van der Waals surface area contributed by atoms with E-state index in [4.69, 9.17) is 13.8 Å². The number of carbonyl (C=O) groups is 2. The first-order valence-corrected chi connectivity index (χ1v) is 13.4. The topological polar surface area (TPSA) is 106 Å². The van der Waals surface area contributed by atoms with E-state index in [-0.39, 0.29) is 19.1 Å². The van der Waals surface area contributed by atoms with Gasteiger partial charge < -0.3 is 19.7 Å². The average Bonchev–Trinajstić information content (AvgIpc) is 3.57. The quantitative estimate of drug-likeness (QED) is 0.384. The summed E-state index contributed by atoms with van der Waals surface area (Å²) in [4.78, 5) is 27.7. The molecule has 0 bridgehead atoms. The molecule has 0 saturated heterocycles. The Bertz CT molecular complexity index is 1320.